The first-order valence-electron chi connectivity index (χ1n) is 9.03. The fourth-order valence-electron chi connectivity index (χ4n) is 2.61. The molecule has 2 aromatic carbocycles. The molecule has 0 aliphatic carbocycles. The maximum Gasteiger partial charge on any atom is 0.0857 e. The molecule has 25 heavy (non-hydrogen) atoms. The highest BCUT2D eigenvalue weighted by molar-refractivity contribution is 9.09. The van der Waals surface area contributed by atoms with Gasteiger partial charge in [-0.2, -0.15) is 10.2 Å². The molecule has 2 rings (SSSR count). The minimum atomic E-state index is 0.428. The smallest absolute Gasteiger partial charge is 0.0857 e. The Bertz CT molecular complexity index is 636. The molecule has 2 nitrogen and oxygen atoms in total. The Morgan fingerprint density at radius 3 is 1.92 bits per heavy atom. The van der Waals surface area contributed by atoms with Gasteiger partial charge in [0.1, 0.15) is 0 Å². The number of unbranched alkanes of at least 4 members (excludes halogenated alkanes) is 4. The molecule has 0 saturated carbocycles. The summed E-state index contributed by atoms with van der Waals surface area (Å²) >= 11 is 7.26. The number of azo groups is 1. The Balaban J connectivity index is 1.84. The predicted molar refractivity (Wildman–Crippen MR) is 115 cm³/mol. The molecule has 0 bridgehead atoms. The van der Waals surface area contributed by atoms with Crippen LogP contribution in [0.1, 0.15) is 61.4 Å². The Hall–Kier alpha value is -1.00. The van der Waals surface area contributed by atoms with Crippen molar-refractivity contribution in [3.63, 3.8) is 0 Å². The second kappa shape index (κ2) is 11.6. The van der Waals surface area contributed by atoms with Crippen LogP contribution >= 0.6 is 31.9 Å². The summed E-state index contributed by atoms with van der Waals surface area (Å²) in [7, 11) is 0. The van der Waals surface area contributed by atoms with Gasteiger partial charge in [0, 0.05) is 10.2 Å². The first-order valence-corrected chi connectivity index (χ1v) is 11.1. The van der Waals surface area contributed by atoms with Crippen molar-refractivity contribution in [2.45, 2.75) is 55.6 Å². The zero-order chi connectivity index (χ0) is 17.9. The summed E-state index contributed by atoms with van der Waals surface area (Å²) in [5, 5.41) is 9.49. The van der Waals surface area contributed by atoms with E-state index in [1.807, 2.05) is 24.3 Å². The maximum atomic E-state index is 4.33. The van der Waals surface area contributed by atoms with Crippen LogP contribution in [0.25, 0.3) is 0 Å². The van der Waals surface area contributed by atoms with Crippen molar-refractivity contribution in [1.29, 1.82) is 0 Å². The van der Waals surface area contributed by atoms with Gasteiger partial charge in [-0.3, -0.25) is 0 Å². The Morgan fingerprint density at radius 2 is 1.36 bits per heavy atom. The van der Waals surface area contributed by atoms with Gasteiger partial charge in [-0.25, -0.2) is 0 Å². The van der Waals surface area contributed by atoms with Crippen LogP contribution in [0.15, 0.2) is 58.8 Å². The van der Waals surface area contributed by atoms with Gasteiger partial charge in [-0.1, -0.05) is 95.2 Å². The molecule has 1 unspecified atom stereocenters. The van der Waals surface area contributed by atoms with Crippen molar-refractivity contribution >= 4 is 43.2 Å². The molecular weight excluding hydrogens is 440 g/mol. The van der Waals surface area contributed by atoms with E-state index in [4.69, 9.17) is 0 Å². The second-order valence-electron chi connectivity index (χ2n) is 6.26. The summed E-state index contributed by atoms with van der Waals surface area (Å²) in [6.07, 6.45) is 7.80. The Morgan fingerprint density at radius 1 is 0.800 bits per heavy atom. The number of hydrogen-bond donors (Lipinski definition) is 0. The average Bonchev–Trinajstić information content (AvgIpc) is 2.67. The third-order valence-electron chi connectivity index (χ3n) is 4.19. The fraction of sp³-hybridized carbons (Fsp3) is 0.429. The lowest BCUT2D eigenvalue weighted by Crippen LogP contribution is -1.90. The normalized spacial score (nSPS) is 12.6. The molecule has 0 radical (unpaired) electrons. The van der Waals surface area contributed by atoms with Crippen molar-refractivity contribution in [2.24, 2.45) is 10.2 Å². The van der Waals surface area contributed by atoms with Gasteiger partial charge in [0.15, 0.2) is 0 Å². The van der Waals surface area contributed by atoms with E-state index in [-0.39, 0.29) is 0 Å². The number of hydrogen-bond acceptors (Lipinski definition) is 2. The lowest BCUT2D eigenvalue weighted by atomic mass is 10.0. The highest BCUT2D eigenvalue weighted by atomic mass is 79.9. The summed E-state index contributed by atoms with van der Waals surface area (Å²) in [4.78, 5) is 0.428. The van der Waals surface area contributed by atoms with Gasteiger partial charge in [0.05, 0.1) is 11.4 Å². The van der Waals surface area contributed by atoms with E-state index in [0.29, 0.717) is 4.83 Å². The van der Waals surface area contributed by atoms with Gasteiger partial charge >= 0.3 is 0 Å². The largest absolute Gasteiger partial charge is 0.151 e. The van der Waals surface area contributed by atoms with Crippen LogP contribution in [0.5, 0.6) is 0 Å². The van der Waals surface area contributed by atoms with Crippen LogP contribution < -0.4 is 0 Å². The summed E-state index contributed by atoms with van der Waals surface area (Å²) < 4.78 is 0. The minimum absolute atomic E-state index is 0.428. The quantitative estimate of drug-likeness (QED) is 0.190. The van der Waals surface area contributed by atoms with E-state index in [1.165, 1.54) is 49.7 Å². The molecule has 0 aromatic heterocycles. The third kappa shape index (κ3) is 7.41. The molecule has 1 atom stereocenters. The summed E-state index contributed by atoms with van der Waals surface area (Å²) in [6.45, 7) is 2.25. The van der Waals surface area contributed by atoms with Crippen molar-refractivity contribution < 1.29 is 0 Å². The molecule has 0 aliphatic rings. The number of rotatable bonds is 10. The zero-order valence-corrected chi connectivity index (χ0v) is 18.0. The molecule has 0 heterocycles. The zero-order valence-electron chi connectivity index (χ0n) is 14.8. The van der Waals surface area contributed by atoms with Crippen LogP contribution in [0.3, 0.4) is 0 Å². The van der Waals surface area contributed by atoms with E-state index in [2.05, 4.69) is 73.3 Å². The van der Waals surface area contributed by atoms with Crippen LogP contribution in [0.4, 0.5) is 11.4 Å². The summed E-state index contributed by atoms with van der Waals surface area (Å²) in [5.41, 5.74) is 4.31. The number of alkyl halides is 2. The molecule has 0 saturated heterocycles. The highest BCUT2D eigenvalue weighted by Crippen LogP contribution is 2.30. The van der Waals surface area contributed by atoms with Crippen molar-refractivity contribution in [3.05, 3.63) is 59.7 Å². The van der Waals surface area contributed by atoms with Crippen LogP contribution in [0.2, 0.25) is 0 Å². The van der Waals surface area contributed by atoms with Crippen LogP contribution in [0, 0.1) is 0 Å². The molecule has 0 N–H and O–H groups in total. The van der Waals surface area contributed by atoms with Gasteiger partial charge in [-0.15, -0.1) is 0 Å². The Labute approximate surface area is 168 Å². The summed E-state index contributed by atoms with van der Waals surface area (Å²) in [5.74, 6) is 0. The topological polar surface area (TPSA) is 24.7 Å². The molecule has 0 amide bonds. The second-order valence-corrected chi connectivity index (χ2v) is 7.93. The van der Waals surface area contributed by atoms with Gasteiger partial charge in [0.2, 0.25) is 0 Å². The van der Waals surface area contributed by atoms with Crippen molar-refractivity contribution in [1.82, 2.24) is 0 Å². The maximum absolute atomic E-state index is 4.33. The Kier molecular flexibility index (Phi) is 9.41. The van der Waals surface area contributed by atoms with Crippen molar-refractivity contribution in [2.75, 3.05) is 0 Å². The summed E-state index contributed by atoms with van der Waals surface area (Å²) in [6, 6.07) is 16.5. The van der Waals surface area contributed by atoms with Crippen molar-refractivity contribution in [3.8, 4) is 0 Å². The lowest BCUT2D eigenvalue weighted by molar-refractivity contribution is 0.606. The van der Waals surface area contributed by atoms with E-state index < -0.39 is 0 Å². The lowest BCUT2D eigenvalue weighted by Gasteiger charge is -2.10. The molecule has 2 aromatic rings. The first-order chi connectivity index (χ1) is 12.2. The van der Waals surface area contributed by atoms with E-state index in [1.54, 1.807) is 0 Å². The number of nitrogens with zero attached hydrogens (tertiary/aromatic N) is 2. The molecule has 4 heteroatoms. The molecule has 0 spiro atoms. The monoisotopic (exact) mass is 464 g/mol. The minimum Gasteiger partial charge on any atom is -0.151 e. The van der Waals surface area contributed by atoms with E-state index in [9.17, 15) is 0 Å². The predicted octanol–water partition coefficient (Wildman–Crippen LogP) is 8.79. The van der Waals surface area contributed by atoms with Crippen LogP contribution in [-0.4, -0.2) is 0 Å². The average molecular weight is 466 g/mol. The van der Waals surface area contributed by atoms with E-state index >= 15 is 0 Å². The SMILES string of the molecule is CCCCCCCC(Br)c1ccc(N=Nc2ccc(CBr)cc2)cc1. The number of benzene rings is 2. The van der Waals surface area contributed by atoms with Crippen LogP contribution in [-0.2, 0) is 5.33 Å². The fourth-order valence-corrected chi connectivity index (χ4v) is 3.61. The third-order valence-corrected chi connectivity index (χ3v) is 5.82. The van der Waals surface area contributed by atoms with Gasteiger partial charge < -0.3 is 0 Å². The van der Waals surface area contributed by atoms with E-state index in [0.717, 1.165) is 16.7 Å². The van der Waals surface area contributed by atoms with Gasteiger partial charge in [0.25, 0.3) is 0 Å². The molecule has 0 aliphatic heterocycles. The van der Waals surface area contributed by atoms with Gasteiger partial charge in [-0.05, 0) is 41.8 Å². The molecule has 134 valence electrons. The standard InChI is InChI=1S/C21H26Br2N2/c1-2-3-4-5-6-7-21(23)18-10-14-20(15-11-18)25-24-19-12-8-17(16-22)9-13-19/h8-15,21H,2-7,16H2,1H3. The number of halogens is 2. The molecule has 0 fully saturated rings. The highest BCUT2D eigenvalue weighted by Gasteiger charge is 2.07. The molecular formula is C21H26Br2N2. The first kappa shape index (κ1) is 20.3.